The van der Waals surface area contributed by atoms with E-state index in [1.165, 1.54) is 31.4 Å². The van der Waals surface area contributed by atoms with Crippen molar-refractivity contribution in [1.29, 1.82) is 0 Å². The number of sulfonamides is 1. The van der Waals surface area contributed by atoms with Crippen LogP contribution in [0.25, 0.3) is 0 Å². The molecule has 9 heteroatoms. The van der Waals surface area contributed by atoms with Crippen molar-refractivity contribution < 1.29 is 22.7 Å². The molecule has 0 fully saturated rings. The monoisotopic (exact) mass is 429 g/mol. The fraction of sp³-hybridized carbons (Fsp3) is 0.238. The second-order valence-electron chi connectivity index (χ2n) is 6.83. The molecule has 1 atom stereocenters. The van der Waals surface area contributed by atoms with Gasteiger partial charge in [-0.1, -0.05) is 18.2 Å². The van der Waals surface area contributed by atoms with Crippen LogP contribution in [0.15, 0.2) is 65.6 Å². The molecule has 1 aliphatic rings. The third-order valence-electron chi connectivity index (χ3n) is 4.62. The van der Waals surface area contributed by atoms with Gasteiger partial charge < -0.3 is 4.74 Å². The molecule has 8 nitrogen and oxygen atoms in total. The standard InChI is InChI=1S/C21H23N3O5S/c1-29-18-11-9-17(10-12-18)24-30(27,28)19-8-4-7-16(14-19)21(26)23-22-20(25)13-15-5-2-3-6-15/h2,4-5,7-12,14-15,24H,3,6,13H2,1H3,(H,22,25)(H,23,26)/t15-/m1/s1. The number of rotatable bonds is 7. The maximum absolute atomic E-state index is 12.6. The van der Waals surface area contributed by atoms with Crippen molar-refractivity contribution in [2.45, 2.75) is 24.2 Å². The van der Waals surface area contributed by atoms with Crippen LogP contribution in [-0.2, 0) is 14.8 Å². The van der Waals surface area contributed by atoms with E-state index in [2.05, 4.69) is 15.6 Å². The third kappa shape index (κ3) is 5.60. The van der Waals surface area contributed by atoms with Crippen LogP contribution in [0, 0.1) is 5.92 Å². The predicted molar refractivity (Wildman–Crippen MR) is 112 cm³/mol. The highest BCUT2D eigenvalue weighted by atomic mass is 32.2. The molecule has 0 saturated carbocycles. The first-order valence-corrected chi connectivity index (χ1v) is 10.9. The van der Waals surface area contributed by atoms with Gasteiger partial charge in [0, 0.05) is 17.7 Å². The van der Waals surface area contributed by atoms with E-state index < -0.39 is 15.9 Å². The molecule has 2 aromatic carbocycles. The fourth-order valence-electron chi connectivity index (χ4n) is 3.03. The number of benzene rings is 2. The Kier molecular flexibility index (Phi) is 6.73. The van der Waals surface area contributed by atoms with E-state index in [1.54, 1.807) is 24.3 Å². The topological polar surface area (TPSA) is 114 Å². The first-order chi connectivity index (χ1) is 14.4. The van der Waals surface area contributed by atoms with Crippen LogP contribution in [0.1, 0.15) is 29.6 Å². The molecule has 30 heavy (non-hydrogen) atoms. The van der Waals surface area contributed by atoms with Crippen LogP contribution in [0.5, 0.6) is 5.75 Å². The summed E-state index contributed by atoms with van der Waals surface area (Å²) in [5, 5.41) is 0. The van der Waals surface area contributed by atoms with Gasteiger partial charge in [-0.05, 0) is 61.2 Å². The van der Waals surface area contributed by atoms with Crippen LogP contribution < -0.4 is 20.3 Å². The Bertz CT molecular complexity index is 1050. The lowest BCUT2D eigenvalue weighted by Crippen LogP contribution is -2.42. The molecule has 3 rings (SSSR count). The molecule has 3 N–H and O–H groups in total. The number of methoxy groups -OCH3 is 1. The zero-order chi connectivity index (χ0) is 21.6. The molecule has 1 aliphatic carbocycles. The number of amides is 2. The van der Waals surface area contributed by atoms with E-state index in [-0.39, 0.29) is 28.7 Å². The highest BCUT2D eigenvalue weighted by Gasteiger charge is 2.18. The highest BCUT2D eigenvalue weighted by Crippen LogP contribution is 2.21. The lowest BCUT2D eigenvalue weighted by molar-refractivity contribution is -0.122. The summed E-state index contributed by atoms with van der Waals surface area (Å²) in [5.74, 6) is -0.126. The highest BCUT2D eigenvalue weighted by molar-refractivity contribution is 7.92. The minimum atomic E-state index is -3.90. The summed E-state index contributed by atoms with van der Waals surface area (Å²) >= 11 is 0. The smallest absolute Gasteiger partial charge is 0.269 e. The van der Waals surface area contributed by atoms with E-state index in [0.29, 0.717) is 11.4 Å². The minimum absolute atomic E-state index is 0.0756. The van der Waals surface area contributed by atoms with Crippen LogP contribution in [0.2, 0.25) is 0 Å². The summed E-state index contributed by atoms with van der Waals surface area (Å²) in [7, 11) is -2.38. The Labute approximate surface area is 175 Å². The average Bonchev–Trinajstić information content (AvgIpc) is 3.25. The number of hydrogen-bond acceptors (Lipinski definition) is 5. The quantitative estimate of drug-likeness (QED) is 0.462. The summed E-state index contributed by atoms with van der Waals surface area (Å²) in [6.45, 7) is 0. The molecule has 0 bridgehead atoms. The summed E-state index contributed by atoms with van der Waals surface area (Å²) in [6.07, 6.45) is 6.18. The van der Waals surface area contributed by atoms with Gasteiger partial charge >= 0.3 is 0 Å². The van der Waals surface area contributed by atoms with Gasteiger partial charge in [0.15, 0.2) is 0 Å². The first-order valence-electron chi connectivity index (χ1n) is 9.40. The van der Waals surface area contributed by atoms with Gasteiger partial charge in [0.05, 0.1) is 12.0 Å². The largest absolute Gasteiger partial charge is 0.497 e. The van der Waals surface area contributed by atoms with Gasteiger partial charge in [-0.3, -0.25) is 25.2 Å². The van der Waals surface area contributed by atoms with Crippen LogP contribution in [0.4, 0.5) is 5.69 Å². The molecule has 0 radical (unpaired) electrons. The molecule has 0 aromatic heterocycles. The number of carbonyl (C=O) groups is 2. The molecule has 158 valence electrons. The number of ether oxygens (including phenoxy) is 1. The summed E-state index contributed by atoms with van der Waals surface area (Å²) in [6, 6.07) is 12.0. The van der Waals surface area contributed by atoms with Crippen molar-refractivity contribution >= 4 is 27.5 Å². The lowest BCUT2D eigenvalue weighted by Gasteiger charge is -2.11. The molecular formula is C21H23N3O5S. The molecular weight excluding hydrogens is 406 g/mol. The zero-order valence-corrected chi connectivity index (χ0v) is 17.2. The van der Waals surface area contributed by atoms with Crippen molar-refractivity contribution in [3.8, 4) is 5.75 Å². The first kappa shape index (κ1) is 21.4. The number of carbonyl (C=O) groups excluding carboxylic acids is 2. The maximum Gasteiger partial charge on any atom is 0.269 e. The molecule has 0 aliphatic heterocycles. The van der Waals surface area contributed by atoms with Crippen molar-refractivity contribution in [1.82, 2.24) is 10.9 Å². The molecule has 0 saturated heterocycles. The molecule has 2 amide bonds. The Morgan fingerprint density at radius 3 is 2.53 bits per heavy atom. The second kappa shape index (κ2) is 9.45. The predicted octanol–water partition coefficient (Wildman–Crippen LogP) is 2.61. The van der Waals surface area contributed by atoms with E-state index >= 15 is 0 Å². The zero-order valence-electron chi connectivity index (χ0n) is 16.4. The SMILES string of the molecule is COc1ccc(NS(=O)(=O)c2cccc(C(=O)NNC(=O)C[C@@H]3C=CCC3)c2)cc1. The van der Waals surface area contributed by atoms with Crippen LogP contribution in [0.3, 0.4) is 0 Å². The van der Waals surface area contributed by atoms with Crippen LogP contribution in [-0.4, -0.2) is 27.3 Å². The number of hydrogen-bond donors (Lipinski definition) is 3. The van der Waals surface area contributed by atoms with Gasteiger partial charge in [-0.2, -0.15) is 0 Å². The Morgan fingerprint density at radius 2 is 1.87 bits per heavy atom. The van der Waals surface area contributed by atoms with Crippen molar-refractivity contribution in [2.75, 3.05) is 11.8 Å². The van der Waals surface area contributed by atoms with Gasteiger partial charge in [0.2, 0.25) is 5.91 Å². The van der Waals surface area contributed by atoms with Crippen molar-refractivity contribution in [3.63, 3.8) is 0 Å². The minimum Gasteiger partial charge on any atom is -0.497 e. The van der Waals surface area contributed by atoms with Crippen molar-refractivity contribution in [3.05, 3.63) is 66.2 Å². The average molecular weight is 429 g/mol. The van der Waals surface area contributed by atoms with Gasteiger partial charge in [-0.25, -0.2) is 8.42 Å². The Morgan fingerprint density at radius 1 is 1.10 bits per heavy atom. The second-order valence-corrected chi connectivity index (χ2v) is 8.52. The van der Waals surface area contributed by atoms with E-state index in [0.717, 1.165) is 12.8 Å². The van der Waals surface area contributed by atoms with E-state index in [9.17, 15) is 18.0 Å². The number of hydrazine groups is 1. The molecule has 2 aromatic rings. The lowest BCUT2D eigenvalue weighted by atomic mass is 10.1. The van der Waals surface area contributed by atoms with E-state index in [4.69, 9.17) is 4.74 Å². The summed E-state index contributed by atoms with van der Waals surface area (Å²) in [5.41, 5.74) is 5.15. The van der Waals surface area contributed by atoms with Crippen molar-refractivity contribution in [2.24, 2.45) is 5.92 Å². The summed E-state index contributed by atoms with van der Waals surface area (Å²) in [4.78, 5) is 24.2. The van der Waals surface area contributed by atoms with Gasteiger partial charge in [0.1, 0.15) is 5.75 Å². The van der Waals surface area contributed by atoms with Gasteiger partial charge in [-0.15, -0.1) is 0 Å². The third-order valence-corrected chi connectivity index (χ3v) is 6.00. The Hall–Kier alpha value is -3.33. The molecule has 0 spiro atoms. The normalized spacial score (nSPS) is 15.4. The Balaban J connectivity index is 1.62. The van der Waals surface area contributed by atoms with Crippen LogP contribution >= 0.6 is 0 Å². The molecule has 0 unspecified atom stereocenters. The van der Waals surface area contributed by atoms with Gasteiger partial charge in [0.25, 0.3) is 15.9 Å². The molecule has 0 heterocycles. The number of nitrogens with one attached hydrogen (secondary N) is 3. The van der Waals surface area contributed by atoms with E-state index in [1.807, 2.05) is 12.2 Å². The fourth-order valence-corrected chi connectivity index (χ4v) is 4.13. The maximum atomic E-state index is 12.6. The number of anilines is 1. The summed E-state index contributed by atoms with van der Waals surface area (Å²) < 4.78 is 32.8. The number of allylic oxidation sites excluding steroid dienone is 2.